The molecule has 0 aromatic heterocycles. The van der Waals surface area contributed by atoms with Crippen molar-refractivity contribution in [1.82, 2.24) is 0 Å². The average molecular weight is 228 g/mol. The van der Waals surface area contributed by atoms with Crippen LogP contribution in [0.3, 0.4) is 0 Å². The van der Waals surface area contributed by atoms with Crippen LogP contribution in [0, 0.1) is 11.7 Å². The van der Waals surface area contributed by atoms with E-state index in [0.29, 0.717) is 12.0 Å². The Hall–Kier alpha value is -0.600. The highest BCUT2D eigenvalue weighted by Gasteiger charge is 2.21. The lowest BCUT2D eigenvalue weighted by Crippen LogP contribution is -2.15. The monoisotopic (exact) mass is 227 g/mol. The Labute approximate surface area is 94.4 Å². The molecule has 0 spiro atoms. The molecule has 1 fully saturated rings. The third-order valence-corrected chi connectivity index (χ3v) is 3.40. The van der Waals surface area contributed by atoms with Gasteiger partial charge in [-0.3, -0.25) is 0 Å². The molecule has 1 aliphatic rings. The van der Waals surface area contributed by atoms with Crippen molar-refractivity contribution < 1.29 is 4.39 Å². The van der Waals surface area contributed by atoms with Gasteiger partial charge in [0.25, 0.3) is 0 Å². The van der Waals surface area contributed by atoms with Crippen LogP contribution >= 0.6 is 11.6 Å². The minimum atomic E-state index is -0.323. The smallest absolute Gasteiger partial charge is 0.142 e. The number of hydrogen-bond donors (Lipinski definition) is 1. The summed E-state index contributed by atoms with van der Waals surface area (Å²) in [6, 6.07) is 5.40. The second-order valence-corrected chi connectivity index (χ2v) is 4.80. The Kier molecular flexibility index (Phi) is 3.27. The predicted octanol–water partition coefficient (Wildman–Crippen LogP) is 3.15. The number of rotatable bonds is 2. The standard InChI is InChI=1S/C12H15ClFN/c13-11-4-2-9(7-12(11)14)5-8-1-3-10(15)6-8/h2,4,7-8,10H,1,3,5-6,15H2. The fourth-order valence-corrected chi connectivity index (χ4v) is 2.42. The van der Waals surface area contributed by atoms with Crippen LogP contribution in [0.5, 0.6) is 0 Å². The summed E-state index contributed by atoms with van der Waals surface area (Å²) in [4.78, 5) is 0. The van der Waals surface area contributed by atoms with Gasteiger partial charge in [0.05, 0.1) is 5.02 Å². The number of nitrogens with two attached hydrogens (primary N) is 1. The molecule has 3 heteroatoms. The topological polar surface area (TPSA) is 26.0 Å². The highest BCUT2D eigenvalue weighted by molar-refractivity contribution is 6.30. The van der Waals surface area contributed by atoms with Crippen LogP contribution in [-0.4, -0.2) is 6.04 Å². The predicted molar refractivity (Wildman–Crippen MR) is 60.4 cm³/mol. The van der Waals surface area contributed by atoms with E-state index >= 15 is 0 Å². The van der Waals surface area contributed by atoms with Crippen molar-refractivity contribution >= 4 is 11.6 Å². The summed E-state index contributed by atoms with van der Waals surface area (Å²) >= 11 is 5.63. The molecule has 0 heterocycles. The molecular formula is C12H15ClFN. The molecule has 2 atom stereocenters. The van der Waals surface area contributed by atoms with Crippen LogP contribution in [0.1, 0.15) is 24.8 Å². The molecule has 1 aromatic rings. The Balaban J connectivity index is 2.02. The summed E-state index contributed by atoms with van der Waals surface area (Å²) in [6.45, 7) is 0. The van der Waals surface area contributed by atoms with Crippen molar-refractivity contribution in [3.8, 4) is 0 Å². The molecular weight excluding hydrogens is 213 g/mol. The van der Waals surface area contributed by atoms with Gasteiger partial charge < -0.3 is 5.73 Å². The Bertz CT molecular complexity index is 353. The lowest BCUT2D eigenvalue weighted by molar-refractivity contribution is 0.532. The van der Waals surface area contributed by atoms with Gasteiger partial charge in [0.15, 0.2) is 0 Å². The van der Waals surface area contributed by atoms with Crippen molar-refractivity contribution in [1.29, 1.82) is 0 Å². The van der Waals surface area contributed by atoms with E-state index in [0.717, 1.165) is 31.2 Å². The van der Waals surface area contributed by atoms with E-state index in [1.165, 1.54) is 6.07 Å². The first-order valence-electron chi connectivity index (χ1n) is 5.34. The maximum atomic E-state index is 13.2. The molecule has 82 valence electrons. The molecule has 2 unspecified atom stereocenters. The molecule has 15 heavy (non-hydrogen) atoms. The molecule has 0 bridgehead atoms. The summed E-state index contributed by atoms with van der Waals surface area (Å²) in [5.74, 6) is 0.289. The zero-order valence-corrected chi connectivity index (χ0v) is 9.30. The molecule has 0 amide bonds. The third kappa shape index (κ3) is 2.70. The van der Waals surface area contributed by atoms with Crippen LogP contribution in [0.15, 0.2) is 18.2 Å². The van der Waals surface area contributed by atoms with E-state index in [1.807, 2.05) is 6.07 Å². The maximum absolute atomic E-state index is 13.2. The van der Waals surface area contributed by atoms with Gasteiger partial charge >= 0.3 is 0 Å². The fourth-order valence-electron chi connectivity index (χ4n) is 2.30. The van der Waals surface area contributed by atoms with Crippen molar-refractivity contribution in [3.63, 3.8) is 0 Å². The first-order valence-corrected chi connectivity index (χ1v) is 5.72. The number of benzene rings is 1. The zero-order chi connectivity index (χ0) is 10.8. The molecule has 2 rings (SSSR count). The molecule has 0 radical (unpaired) electrons. The number of hydrogen-bond acceptors (Lipinski definition) is 1. The second kappa shape index (κ2) is 4.50. The summed E-state index contributed by atoms with van der Waals surface area (Å²) in [5.41, 5.74) is 6.86. The summed E-state index contributed by atoms with van der Waals surface area (Å²) < 4.78 is 13.2. The SMILES string of the molecule is NC1CCC(Cc2ccc(Cl)c(F)c2)C1. The van der Waals surface area contributed by atoms with Gasteiger partial charge in [-0.05, 0) is 49.3 Å². The van der Waals surface area contributed by atoms with Crippen LogP contribution < -0.4 is 5.73 Å². The van der Waals surface area contributed by atoms with Gasteiger partial charge in [-0.15, -0.1) is 0 Å². The van der Waals surface area contributed by atoms with Gasteiger partial charge in [0.2, 0.25) is 0 Å². The Morgan fingerprint density at radius 3 is 2.80 bits per heavy atom. The molecule has 1 aliphatic carbocycles. The highest BCUT2D eigenvalue weighted by Crippen LogP contribution is 2.28. The quantitative estimate of drug-likeness (QED) is 0.825. The van der Waals surface area contributed by atoms with Crippen LogP contribution in [-0.2, 0) is 6.42 Å². The van der Waals surface area contributed by atoms with E-state index < -0.39 is 0 Å². The first-order chi connectivity index (χ1) is 7.15. The third-order valence-electron chi connectivity index (χ3n) is 3.09. The lowest BCUT2D eigenvalue weighted by Gasteiger charge is -2.09. The van der Waals surface area contributed by atoms with E-state index in [1.54, 1.807) is 6.07 Å². The van der Waals surface area contributed by atoms with Crippen molar-refractivity contribution in [2.24, 2.45) is 11.7 Å². The summed E-state index contributed by atoms with van der Waals surface area (Å²) in [6.07, 6.45) is 4.23. The average Bonchev–Trinajstić information content (AvgIpc) is 2.58. The van der Waals surface area contributed by atoms with E-state index in [9.17, 15) is 4.39 Å². The van der Waals surface area contributed by atoms with Crippen molar-refractivity contribution in [2.45, 2.75) is 31.7 Å². The van der Waals surface area contributed by atoms with Gasteiger partial charge in [-0.1, -0.05) is 17.7 Å². The molecule has 1 saturated carbocycles. The fraction of sp³-hybridized carbons (Fsp3) is 0.500. The Morgan fingerprint density at radius 1 is 1.40 bits per heavy atom. The van der Waals surface area contributed by atoms with E-state index in [2.05, 4.69) is 0 Å². The van der Waals surface area contributed by atoms with Gasteiger partial charge in [-0.2, -0.15) is 0 Å². The minimum Gasteiger partial charge on any atom is -0.328 e. The first kappa shape index (κ1) is 10.9. The highest BCUT2D eigenvalue weighted by atomic mass is 35.5. The molecule has 0 aliphatic heterocycles. The maximum Gasteiger partial charge on any atom is 0.142 e. The minimum absolute atomic E-state index is 0.196. The van der Waals surface area contributed by atoms with Crippen molar-refractivity contribution in [2.75, 3.05) is 0 Å². The van der Waals surface area contributed by atoms with Crippen LogP contribution in [0.25, 0.3) is 0 Å². The summed E-state index contributed by atoms with van der Waals surface area (Å²) in [5, 5.41) is 0.196. The molecule has 0 saturated heterocycles. The lowest BCUT2D eigenvalue weighted by atomic mass is 9.98. The van der Waals surface area contributed by atoms with Gasteiger partial charge in [0.1, 0.15) is 5.82 Å². The second-order valence-electron chi connectivity index (χ2n) is 4.39. The molecule has 2 N–H and O–H groups in total. The van der Waals surface area contributed by atoms with Crippen molar-refractivity contribution in [3.05, 3.63) is 34.6 Å². The van der Waals surface area contributed by atoms with Crippen LogP contribution in [0.4, 0.5) is 4.39 Å². The van der Waals surface area contributed by atoms with Crippen LogP contribution in [0.2, 0.25) is 5.02 Å². The largest absolute Gasteiger partial charge is 0.328 e. The molecule has 1 aromatic carbocycles. The van der Waals surface area contributed by atoms with E-state index in [4.69, 9.17) is 17.3 Å². The Morgan fingerprint density at radius 2 is 2.20 bits per heavy atom. The summed E-state index contributed by atoms with van der Waals surface area (Å²) in [7, 11) is 0. The van der Waals surface area contributed by atoms with Gasteiger partial charge in [-0.25, -0.2) is 4.39 Å². The zero-order valence-electron chi connectivity index (χ0n) is 8.55. The normalized spacial score (nSPS) is 25.8. The molecule has 1 nitrogen and oxygen atoms in total. The van der Waals surface area contributed by atoms with E-state index in [-0.39, 0.29) is 10.8 Å². The number of halogens is 2. The van der Waals surface area contributed by atoms with Gasteiger partial charge in [0, 0.05) is 6.04 Å².